The van der Waals surface area contributed by atoms with Crippen LogP contribution in [0.4, 0.5) is 0 Å². The Hall–Kier alpha value is -0.863. The van der Waals surface area contributed by atoms with Crippen LogP contribution in [0.2, 0.25) is 24.7 Å². The number of carbonyl (C=O) groups excluding carboxylic acids is 1. The monoisotopic (exact) mass is 238 g/mol. The van der Waals surface area contributed by atoms with Gasteiger partial charge in [0.25, 0.3) is 0 Å². The highest BCUT2D eigenvalue weighted by Gasteiger charge is 2.07. The van der Waals surface area contributed by atoms with E-state index in [1.807, 2.05) is 12.1 Å². The number of carbonyl (C=O) groups is 1. The topological polar surface area (TPSA) is 17.1 Å². The molecule has 0 amide bonds. The van der Waals surface area contributed by atoms with Crippen molar-refractivity contribution in [1.82, 2.24) is 0 Å². The fourth-order valence-electron chi connectivity index (χ4n) is 1.09. The van der Waals surface area contributed by atoms with E-state index in [0.29, 0.717) is 10.6 Å². The molecular weight excluding hydrogens is 224 g/mol. The van der Waals surface area contributed by atoms with Crippen molar-refractivity contribution in [2.24, 2.45) is 0 Å². The van der Waals surface area contributed by atoms with Gasteiger partial charge in [0.05, 0.1) is 13.1 Å². The van der Waals surface area contributed by atoms with Gasteiger partial charge in [0.2, 0.25) is 0 Å². The predicted octanol–water partition coefficient (Wildman–Crippen LogP) is 4.04. The Kier molecular flexibility index (Phi) is 3.88. The lowest BCUT2D eigenvalue weighted by Gasteiger charge is -2.08. The zero-order valence-electron chi connectivity index (χ0n) is 9.25. The van der Waals surface area contributed by atoms with E-state index in [9.17, 15) is 4.79 Å². The van der Waals surface area contributed by atoms with Crippen molar-refractivity contribution in [1.29, 1.82) is 0 Å². The van der Waals surface area contributed by atoms with Crippen LogP contribution in [-0.4, -0.2) is 14.4 Å². The highest BCUT2D eigenvalue weighted by molar-refractivity contribution is 6.81. The molecule has 0 aliphatic rings. The maximum Gasteiger partial charge on any atom is 0.151 e. The summed E-state index contributed by atoms with van der Waals surface area (Å²) in [5, 5.41) is 0.516. The lowest BCUT2D eigenvalue weighted by Crippen LogP contribution is -2.15. The lowest BCUT2D eigenvalue weighted by atomic mass is 10.1. The third kappa shape index (κ3) is 4.02. The summed E-state index contributed by atoms with van der Waals surface area (Å²) in [4.78, 5) is 10.6. The maximum absolute atomic E-state index is 10.6. The first-order valence-electron chi connectivity index (χ1n) is 4.86. The van der Waals surface area contributed by atoms with E-state index in [1.54, 1.807) is 6.07 Å². The van der Waals surface area contributed by atoms with E-state index in [-0.39, 0.29) is 0 Å². The fraction of sp³-hybridized carbons (Fsp3) is 0.250. The number of aldehydes is 1. The van der Waals surface area contributed by atoms with E-state index >= 15 is 0 Å². The summed E-state index contributed by atoms with van der Waals surface area (Å²) in [6.07, 6.45) is 2.85. The first-order chi connectivity index (χ1) is 6.92. The minimum Gasteiger partial charge on any atom is -0.298 e. The van der Waals surface area contributed by atoms with Crippen molar-refractivity contribution in [2.75, 3.05) is 0 Å². The van der Waals surface area contributed by atoms with Crippen LogP contribution >= 0.6 is 11.6 Å². The third-order valence-electron chi connectivity index (χ3n) is 1.93. The molecule has 0 aliphatic carbocycles. The molecule has 0 unspecified atom stereocenters. The quantitative estimate of drug-likeness (QED) is 0.574. The molecule has 1 aromatic carbocycles. The Morgan fingerprint density at radius 3 is 2.40 bits per heavy atom. The van der Waals surface area contributed by atoms with E-state index in [2.05, 4.69) is 31.4 Å². The molecule has 0 atom stereocenters. The Balaban J connectivity index is 2.94. The molecule has 0 heterocycles. The van der Waals surface area contributed by atoms with Crippen molar-refractivity contribution in [2.45, 2.75) is 19.6 Å². The molecule has 15 heavy (non-hydrogen) atoms. The fourth-order valence-corrected chi connectivity index (χ4v) is 2.01. The van der Waals surface area contributed by atoms with Crippen LogP contribution in [0.25, 0.3) is 6.08 Å². The summed E-state index contributed by atoms with van der Waals surface area (Å²) in [7, 11) is -1.17. The van der Waals surface area contributed by atoms with Crippen molar-refractivity contribution in [3.05, 3.63) is 40.0 Å². The molecule has 1 nitrogen and oxygen atoms in total. The van der Waals surface area contributed by atoms with Crippen LogP contribution < -0.4 is 0 Å². The van der Waals surface area contributed by atoms with Gasteiger partial charge >= 0.3 is 0 Å². The highest BCUT2D eigenvalue weighted by atomic mass is 35.5. The van der Waals surface area contributed by atoms with Crippen LogP contribution in [0.5, 0.6) is 0 Å². The molecule has 0 N–H and O–H groups in total. The molecule has 1 aromatic rings. The molecule has 1 rings (SSSR count). The molecule has 0 spiro atoms. The molecule has 0 saturated carbocycles. The van der Waals surface area contributed by atoms with Gasteiger partial charge in [-0.05, 0) is 17.7 Å². The summed E-state index contributed by atoms with van der Waals surface area (Å²) < 4.78 is 0. The second-order valence-corrected chi connectivity index (χ2v) is 10.1. The zero-order valence-corrected chi connectivity index (χ0v) is 11.0. The second-order valence-electron chi connectivity index (χ2n) is 4.60. The maximum atomic E-state index is 10.6. The van der Waals surface area contributed by atoms with Gasteiger partial charge in [-0.3, -0.25) is 4.79 Å². The van der Waals surface area contributed by atoms with Gasteiger partial charge in [0.15, 0.2) is 6.29 Å². The Morgan fingerprint density at radius 2 is 1.93 bits per heavy atom. The number of hydrogen-bond acceptors (Lipinski definition) is 1. The lowest BCUT2D eigenvalue weighted by molar-refractivity contribution is 0.112. The van der Waals surface area contributed by atoms with Crippen LogP contribution in [0, 0.1) is 0 Å². The van der Waals surface area contributed by atoms with E-state index in [0.717, 1.165) is 11.8 Å². The van der Waals surface area contributed by atoms with Gasteiger partial charge in [-0.2, -0.15) is 0 Å². The van der Waals surface area contributed by atoms with Crippen LogP contribution in [0.15, 0.2) is 23.9 Å². The molecule has 3 heteroatoms. The first kappa shape index (κ1) is 12.2. The standard InChI is InChI=1S/C12H15ClOSi/c1-15(2,3)7-6-10-4-5-11(9-14)12(13)8-10/h4-9H,1-3H3. The van der Waals surface area contributed by atoms with E-state index in [4.69, 9.17) is 11.6 Å². The van der Waals surface area contributed by atoms with Crippen LogP contribution in [0.3, 0.4) is 0 Å². The molecule has 0 fully saturated rings. The van der Waals surface area contributed by atoms with Crippen molar-refractivity contribution >= 4 is 32.0 Å². The molecule has 0 bridgehead atoms. The van der Waals surface area contributed by atoms with Crippen molar-refractivity contribution in [3.8, 4) is 0 Å². The Labute approximate surface area is 96.8 Å². The van der Waals surface area contributed by atoms with Crippen molar-refractivity contribution in [3.63, 3.8) is 0 Å². The SMILES string of the molecule is C[Si](C)(C)C=Cc1ccc(C=O)c(Cl)c1. The average molecular weight is 239 g/mol. The molecule has 80 valence electrons. The summed E-state index contributed by atoms with van der Waals surface area (Å²) in [6, 6.07) is 5.48. The van der Waals surface area contributed by atoms with Crippen LogP contribution in [-0.2, 0) is 0 Å². The summed E-state index contributed by atoms with van der Waals surface area (Å²) in [5.41, 5.74) is 3.84. The second kappa shape index (κ2) is 4.77. The predicted molar refractivity (Wildman–Crippen MR) is 69.2 cm³/mol. The molecule has 0 aromatic heterocycles. The minimum atomic E-state index is -1.17. The first-order valence-corrected chi connectivity index (χ1v) is 8.82. The van der Waals surface area contributed by atoms with Gasteiger partial charge in [-0.1, -0.05) is 49.1 Å². The van der Waals surface area contributed by atoms with E-state index < -0.39 is 8.07 Å². The molecular formula is C12H15ClOSi. The smallest absolute Gasteiger partial charge is 0.151 e. The van der Waals surface area contributed by atoms with Gasteiger partial charge in [0.1, 0.15) is 0 Å². The number of benzene rings is 1. The molecule has 0 radical (unpaired) electrons. The largest absolute Gasteiger partial charge is 0.298 e. The highest BCUT2D eigenvalue weighted by Crippen LogP contribution is 2.17. The number of hydrogen-bond donors (Lipinski definition) is 0. The van der Waals surface area contributed by atoms with Gasteiger partial charge in [-0.15, -0.1) is 0 Å². The summed E-state index contributed by atoms with van der Waals surface area (Å²) in [6.45, 7) is 6.81. The number of rotatable bonds is 3. The van der Waals surface area contributed by atoms with Crippen molar-refractivity contribution < 1.29 is 4.79 Å². The van der Waals surface area contributed by atoms with Gasteiger partial charge < -0.3 is 0 Å². The average Bonchev–Trinajstić information content (AvgIpc) is 2.14. The van der Waals surface area contributed by atoms with E-state index in [1.165, 1.54) is 0 Å². The number of halogens is 1. The Bertz CT molecular complexity index is 391. The summed E-state index contributed by atoms with van der Waals surface area (Å²) >= 11 is 5.93. The third-order valence-corrected chi connectivity index (χ3v) is 3.42. The summed E-state index contributed by atoms with van der Waals surface area (Å²) in [5.74, 6) is 0. The molecule has 0 saturated heterocycles. The molecule has 0 aliphatic heterocycles. The van der Waals surface area contributed by atoms with Gasteiger partial charge in [-0.25, -0.2) is 0 Å². The van der Waals surface area contributed by atoms with Crippen LogP contribution in [0.1, 0.15) is 15.9 Å². The normalized spacial score (nSPS) is 12.0. The Morgan fingerprint density at radius 1 is 1.27 bits per heavy atom. The van der Waals surface area contributed by atoms with Gasteiger partial charge in [0, 0.05) is 5.56 Å². The minimum absolute atomic E-state index is 0.516. The zero-order chi connectivity index (χ0) is 11.5.